The maximum Gasteiger partial charge on any atom is 0.410 e. The van der Waals surface area contributed by atoms with Crippen LogP contribution in [0.3, 0.4) is 0 Å². The van der Waals surface area contributed by atoms with Gasteiger partial charge in [0.1, 0.15) is 6.61 Å². The van der Waals surface area contributed by atoms with Crippen LogP contribution in [0.15, 0.2) is 18.2 Å². The van der Waals surface area contributed by atoms with Crippen molar-refractivity contribution in [1.82, 2.24) is 4.90 Å². The lowest BCUT2D eigenvalue weighted by Crippen LogP contribution is -2.29. The first-order valence-corrected chi connectivity index (χ1v) is 8.54. The molecule has 2 atom stereocenters. The number of hydrogen-bond acceptors (Lipinski definition) is 4. The number of fused-ring (bicyclic) bond motifs is 1. The van der Waals surface area contributed by atoms with Gasteiger partial charge in [-0.3, -0.25) is 0 Å². The van der Waals surface area contributed by atoms with Crippen LogP contribution < -0.4 is 9.47 Å². The van der Waals surface area contributed by atoms with Crippen molar-refractivity contribution in [1.29, 1.82) is 0 Å². The zero-order chi connectivity index (χ0) is 15.8. The summed E-state index contributed by atoms with van der Waals surface area (Å²) in [6, 6.07) is 6.35. The molecule has 5 heteroatoms. The predicted octanol–water partition coefficient (Wildman–Crippen LogP) is 3.32. The summed E-state index contributed by atoms with van der Waals surface area (Å²) in [4.78, 5) is 13.5. The second-order valence-corrected chi connectivity index (χ2v) is 6.67. The van der Waals surface area contributed by atoms with Crippen LogP contribution in [0.1, 0.15) is 43.6 Å². The van der Waals surface area contributed by atoms with E-state index < -0.39 is 0 Å². The Morgan fingerprint density at radius 1 is 1.17 bits per heavy atom. The Bertz CT molecular complexity index is 597. The van der Waals surface area contributed by atoms with E-state index >= 15 is 0 Å². The number of carbonyl (C=O) groups is 1. The average Bonchev–Trinajstić information content (AvgIpc) is 3.27. The molecule has 1 aromatic rings. The van der Waals surface area contributed by atoms with Crippen LogP contribution in [0.25, 0.3) is 0 Å². The highest BCUT2D eigenvalue weighted by molar-refractivity contribution is 5.71. The van der Waals surface area contributed by atoms with Gasteiger partial charge in [0.05, 0.1) is 19.3 Å². The van der Waals surface area contributed by atoms with Gasteiger partial charge >= 0.3 is 6.09 Å². The van der Waals surface area contributed by atoms with Gasteiger partial charge in [0.15, 0.2) is 11.5 Å². The number of carbonyl (C=O) groups excluding carboxylic acids is 1. The fourth-order valence-electron chi connectivity index (χ4n) is 4.12. The molecule has 2 saturated heterocycles. The van der Waals surface area contributed by atoms with Gasteiger partial charge in [-0.1, -0.05) is 6.07 Å². The number of benzene rings is 1. The van der Waals surface area contributed by atoms with E-state index in [0.717, 1.165) is 37.3 Å². The summed E-state index contributed by atoms with van der Waals surface area (Å²) < 4.78 is 16.8. The Morgan fingerprint density at radius 3 is 2.78 bits per heavy atom. The molecule has 0 spiro atoms. The molecule has 5 nitrogen and oxygen atoms in total. The van der Waals surface area contributed by atoms with Crippen molar-refractivity contribution in [3.8, 4) is 11.5 Å². The minimum atomic E-state index is -0.173. The lowest BCUT2D eigenvalue weighted by Gasteiger charge is -2.21. The smallest absolute Gasteiger partial charge is 0.410 e. The summed E-state index contributed by atoms with van der Waals surface area (Å²) in [6.45, 7) is 1.27. The van der Waals surface area contributed by atoms with E-state index in [1.165, 1.54) is 18.4 Å². The summed E-state index contributed by atoms with van der Waals surface area (Å²) in [5.41, 5.74) is 1.21. The molecular formula is C18H23NO4. The maximum absolute atomic E-state index is 11.7. The molecule has 3 aliphatic rings. The quantitative estimate of drug-likeness (QED) is 0.854. The molecule has 23 heavy (non-hydrogen) atoms. The van der Waals surface area contributed by atoms with E-state index in [1.54, 1.807) is 7.11 Å². The molecule has 2 aliphatic heterocycles. The van der Waals surface area contributed by atoms with E-state index in [-0.39, 0.29) is 12.1 Å². The van der Waals surface area contributed by atoms with Gasteiger partial charge in [0.2, 0.25) is 0 Å². The number of hydrogen-bond donors (Lipinski definition) is 0. The molecule has 0 unspecified atom stereocenters. The van der Waals surface area contributed by atoms with Crippen molar-refractivity contribution in [2.75, 3.05) is 20.3 Å². The van der Waals surface area contributed by atoms with Crippen molar-refractivity contribution >= 4 is 6.09 Å². The van der Waals surface area contributed by atoms with E-state index in [0.29, 0.717) is 18.6 Å². The van der Waals surface area contributed by atoms with Crippen LogP contribution in [0.2, 0.25) is 0 Å². The minimum Gasteiger partial charge on any atom is -0.493 e. The largest absolute Gasteiger partial charge is 0.493 e. The second kappa shape index (κ2) is 5.95. The third-order valence-electron chi connectivity index (χ3n) is 5.37. The van der Waals surface area contributed by atoms with Crippen molar-refractivity contribution < 1.29 is 19.0 Å². The Balaban J connectivity index is 1.58. The fourth-order valence-corrected chi connectivity index (χ4v) is 4.12. The molecule has 0 radical (unpaired) electrons. The molecule has 0 N–H and O–H groups in total. The zero-order valence-corrected chi connectivity index (χ0v) is 13.5. The molecular weight excluding hydrogens is 294 g/mol. The van der Waals surface area contributed by atoms with Crippen molar-refractivity contribution in [2.24, 2.45) is 0 Å². The van der Waals surface area contributed by atoms with Crippen LogP contribution in [0.4, 0.5) is 4.79 Å². The van der Waals surface area contributed by atoms with E-state index in [4.69, 9.17) is 14.2 Å². The van der Waals surface area contributed by atoms with E-state index in [9.17, 15) is 4.79 Å². The summed E-state index contributed by atoms with van der Waals surface area (Å²) in [5, 5.41) is 0. The van der Waals surface area contributed by atoms with E-state index in [2.05, 4.69) is 12.1 Å². The first kappa shape index (κ1) is 14.7. The Labute approximate surface area is 136 Å². The van der Waals surface area contributed by atoms with Crippen LogP contribution in [-0.4, -0.2) is 43.4 Å². The van der Waals surface area contributed by atoms with Crippen LogP contribution in [0.5, 0.6) is 11.5 Å². The zero-order valence-electron chi connectivity index (χ0n) is 13.5. The molecule has 0 aromatic heterocycles. The number of rotatable bonds is 4. The summed E-state index contributed by atoms with van der Waals surface area (Å²) in [6.07, 6.45) is 5.83. The summed E-state index contributed by atoms with van der Waals surface area (Å²) >= 11 is 0. The Kier molecular flexibility index (Phi) is 3.79. The molecule has 0 bridgehead atoms. The first-order chi connectivity index (χ1) is 11.3. The molecule has 1 aliphatic carbocycles. The predicted molar refractivity (Wildman–Crippen MR) is 85.1 cm³/mol. The Hall–Kier alpha value is -1.91. The van der Waals surface area contributed by atoms with Gasteiger partial charge in [0.25, 0.3) is 0 Å². The second-order valence-electron chi connectivity index (χ2n) is 6.67. The van der Waals surface area contributed by atoms with Gasteiger partial charge in [-0.2, -0.15) is 0 Å². The molecule has 1 saturated carbocycles. The monoisotopic (exact) mass is 317 g/mol. The topological polar surface area (TPSA) is 48.0 Å². The van der Waals surface area contributed by atoms with Gasteiger partial charge in [-0.25, -0.2) is 4.79 Å². The third-order valence-corrected chi connectivity index (χ3v) is 5.37. The first-order valence-electron chi connectivity index (χ1n) is 8.54. The van der Waals surface area contributed by atoms with Gasteiger partial charge in [0, 0.05) is 12.5 Å². The number of methoxy groups -OCH3 is 1. The molecule has 2 heterocycles. The lowest BCUT2D eigenvalue weighted by atomic mass is 9.92. The number of nitrogens with zero attached hydrogens (tertiary/aromatic N) is 1. The fraction of sp³-hybridized carbons (Fsp3) is 0.611. The van der Waals surface area contributed by atoms with Crippen LogP contribution >= 0.6 is 0 Å². The number of cyclic esters (lactones) is 1. The van der Waals surface area contributed by atoms with Crippen LogP contribution in [-0.2, 0) is 4.74 Å². The Morgan fingerprint density at radius 2 is 2.00 bits per heavy atom. The van der Waals surface area contributed by atoms with Crippen molar-refractivity contribution in [3.05, 3.63) is 23.8 Å². The van der Waals surface area contributed by atoms with Gasteiger partial charge in [-0.05, 0) is 49.8 Å². The lowest BCUT2D eigenvalue weighted by molar-refractivity contribution is 0.159. The van der Waals surface area contributed by atoms with E-state index in [1.807, 2.05) is 11.0 Å². The van der Waals surface area contributed by atoms with Crippen molar-refractivity contribution in [2.45, 2.75) is 50.2 Å². The third kappa shape index (κ3) is 2.62. The van der Waals surface area contributed by atoms with Gasteiger partial charge in [-0.15, -0.1) is 0 Å². The highest BCUT2D eigenvalue weighted by atomic mass is 16.6. The highest BCUT2D eigenvalue weighted by Gasteiger charge is 2.44. The highest BCUT2D eigenvalue weighted by Crippen LogP contribution is 2.40. The molecule has 1 aromatic carbocycles. The molecule has 4 rings (SSSR count). The molecule has 1 amide bonds. The van der Waals surface area contributed by atoms with Crippen molar-refractivity contribution in [3.63, 3.8) is 0 Å². The standard InChI is InChI=1S/C18H23NO4/c1-21-16-7-6-12(10-17(16)23-13-4-2-3-5-13)14-8-9-19-15(14)11-22-18(19)20/h6-7,10,13-15H,2-5,8-9,11H2,1H3/t14-,15-/m0/s1. The molecule has 124 valence electrons. The molecule has 3 fully saturated rings. The van der Waals surface area contributed by atoms with Crippen LogP contribution in [0, 0.1) is 0 Å². The average molecular weight is 317 g/mol. The normalized spacial score (nSPS) is 27.2. The summed E-state index contributed by atoms with van der Waals surface area (Å²) in [7, 11) is 1.68. The number of amides is 1. The SMILES string of the molecule is COc1ccc([C@@H]2CCN3C(=O)OC[C@@H]23)cc1OC1CCCC1. The maximum atomic E-state index is 11.7. The minimum absolute atomic E-state index is 0.162. The van der Waals surface area contributed by atoms with Gasteiger partial charge < -0.3 is 19.1 Å². The number of ether oxygens (including phenoxy) is 3. The summed E-state index contributed by atoms with van der Waals surface area (Å²) in [5.74, 6) is 1.94.